The predicted molar refractivity (Wildman–Crippen MR) is 111 cm³/mol. The molecule has 5 aromatic rings. The Bertz CT molecular complexity index is 1540. The largest absolute Gasteiger partial charge is 0.435 e. The monoisotopic (exact) mass is 452 g/mol. The van der Waals surface area contributed by atoms with Crippen molar-refractivity contribution in [2.45, 2.75) is 19.1 Å². The van der Waals surface area contributed by atoms with Crippen molar-refractivity contribution in [3.63, 3.8) is 0 Å². The number of amides is 1. The molecule has 9 nitrogen and oxygen atoms in total. The predicted octanol–water partition coefficient (Wildman–Crippen LogP) is 3.29. The van der Waals surface area contributed by atoms with Crippen molar-refractivity contribution in [2.24, 2.45) is 0 Å². The van der Waals surface area contributed by atoms with E-state index in [9.17, 15) is 18.0 Å². The average Bonchev–Trinajstić information content (AvgIpc) is 3.49. The second kappa shape index (κ2) is 6.89. The van der Waals surface area contributed by atoms with Crippen molar-refractivity contribution in [1.29, 1.82) is 0 Å². The Balaban J connectivity index is 1.66. The van der Waals surface area contributed by atoms with Gasteiger partial charge in [-0.15, -0.1) is 10.2 Å². The van der Waals surface area contributed by atoms with E-state index >= 15 is 0 Å². The Labute approximate surface area is 183 Å². The van der Waals surface area contributed by atoms with Gasteiger partial charge < -0.3 is 10.3 Å². The minimum atomic E-state index is -4.63. The molecule has 6 rings (SSSR count). The number of nitrogens with zero attached hydrogens (tertiary/aromatic N) is 6. The lowest BCUT2D eigenvalue weighted by Crippen LogP contribution is -2.26. The number of alkyl halides is 3. The topological polar surface area (TPSA) is 106 Å². The minimum Gasteiger partial charge on any atom is -0.351 e. The number of fused-ring (bicyclic) bond motifs is 8. The summed E-state index contributed by atoms with van der Waals surface area (Å²) in [6, 6.07) is 6.96. The highest BCUT2D eigenvalue weighted by atomic mass is 19.4. The molecule has 5 aromatic heterocycles. The summed E-state index contributed by atoms with van der Waals surface area (Å²) in [5.74, 6) is -0.404. The van der Waals surface area contributed by atoms with E-state index in [1.54, 1.807) is 34.9 Å². The van der Waals surface area contributed by atoms with Crippen molar-refractivity contribution in [3.05, 3.63) is 54.2 Å². The van der Waals surface area contributed by atoms with Gasteiger partial charge in [0.25, 0.3) is 5.91 Å². The van der Waals surface area contributed by atoms with Crippen molar-refractivity contribution < 1.29 is 18.0 Å². The molecule has 1 aliphatic rings. The van der Waals surface area contributed by atoms with Crippen LogP contribution in [0.4, 0.5) is 13.2 Å². The number of carbonyl (C=O) groups is 1. The van der Waals surface area contributed by atoms with Gasteiger partial charge in [0.1, 0.15) is 17.0 Å². The zero-order valence-corrected chi connectivity index (χ0v) is 16.9. The number of rotatable bonds is 0. The molecule has 0 aromatic carbocycles. The molecule has 6 heterocycles. The molecule has 1 amide bonds. The molecule has 0 saturated heterocycles. The maximum atomic E-state index is 13.8. The number of halogens is 3. The number of aryl methyl sites for hydroxylation is 1. The Morgan fingerprint density at radius 1 is 1.12 bits per heavy atom. The van der Waals surface area contributed by atoms with E-state index in [0.29, 0.717) is 40.1 Å². The molecule has 12 heteroatoms. The molecule has 4 bridgehead atoms. The minimum absolute atomic E-state index is 0.0489. The molecule has 0 atom stereocenters. The van der Waals surface area contributed by atoms with Gasteiger partial charge in [0.2, 0.25) is 0 Å². The molecule has 0 saturated carbocycles. The molecule has 0 spiro atoms. The van der Waals surface area contributed by atoms with E-state index in [1.807, 2.05) is 0 Å². The first-order valence-electron chi connectivity index (χ1n) is 10.2. The van der Waals surface area contributed by atoms with Crippen LogP contribution in [-0.2, 0) is 12.7 Å². The molecular formula is C21H15F3N8O. The zero-order valence-electron chi connectivity index (χ0n) is 16.9. The fraction of sp³-hybridized carbons (Fsp3) is 0.190. The maximum absolute atomic E-state index is 13.8. The third-order valence-corrected chi connectivity index (χ3v) is 5.59. The van der Waals surface area contributed by atoms with Gasteiger partial charge in [0.05, 0.1) is 0 Å². The lowest BCUT2D eigenvalue weighted by molar-refractivity contribution is -0.141. The van der Waals surface area contributed by atoms with Gasteiger partial charge in [-0.05, 0) is 24.6 Å². The summed E-state index contributed by atoms with van der Waals surface area (Å²) in [6.07, 6.45) is 0.338. The van der Waals surface area contributed by atoms with Crippen LogP contribution < -0.4 is 5.32 Å². The maximum Gasteiger partial charge on any atom is 0.435 e. The summed E-state index contributed by atoms with van der Waals surface area (Å²) in [5.41, 5.74) is 1.02. The van der Waals surface area contributed by atoms with Crippen LogP contribution in [0.1, 0.15) is 22.6 Å². The molecule has 0 aliphatic carbocycles. The zero-order chi connectivity index (χ0) is 22.7. The van der Waals surface area contributed by atoms with Gasteiger partial charge in [-0.3, -0.25) is 13.9 Å². The molecular weight excluding hydrogens is 437 g/mol. The Kier molecular flexibility index (Phi) is 4.06. The van der Waals surface area contributed by atoms with E-state index in [1.165, 1.54) is 17.1 Å². The standard InChI is InChI=1S/C21H15F3N8O/c22-21(23,24)18-13-10-31(30-18)6-3-5-25-20(33)16-17(32-7-2-1-4-15(32)27-16)14-8-11-12(13)9-26-19(11)29-28-14/h1-2,4,7-10H,3,5-6H2,(H,25,33)(H,26,29). The van der Waals surface area contributed by atoms with Crippen LogP contribution in [0.25, 0.3) is 39.2 Å². The quantitative estimate of drug-likeness (QED) is 0.375. The molecule has 1 aliphatic heterocycles. The van der Waals surface area contributed by atoms with E-state index in [0.717, 1.165) is 0 Å². The molecule has 2 N–H and O–H groups in total. The van der Waals surface area contributed by atoms with Crippen molar-refractivity contribution in [3.8, 4) is 22.5 Å². The van der Waals surface area contributed by atoms with Crippen LogP contribution in [-0.4, -0.2) is 46.8 Å². The molecule has 166 valence electrons. The Morgan fingerprint density at radius 2 is 2.00 bits per heavy atom. The van der Waals surface area contributed by atoms with Gasteiger partial charge >= 0.3 is 6.18 Å². The van der Waals surface area contributed by atoms with Crippen molar-refractivity contribution in [2.75, 3.05) is 6.54 Å². The van der Waals surface area contributed by atoms with Crippen molar-refractivity contribution in [1.82, 2.24) is 39.7 Å². The Hall–Kier alpha value is -4.22. The smallest absolute Gasteiger partial charge is 0.351 e. The van der Waals surface area contributed by atoms with Crippen LogP contribution in [0.15, 0.2) is 42.9 Å². The van der Waals surface area contributed by atoms with Gasteiger partial charge in [0, 0.05) is 48.2 Å². The highest BCUT2D eigenvalue weighted by molar-refractivity contribution is 6.01. The van der Waals surface area contributed by atoms with E-state index in [-0.39, 0.29) is 24.3 Å². The van der Waals surface area contributed by atoms with Gasteiger partial charge in [-0.25, -0.2) is 4.98 Å². The first-order valence-corrected chi connectivity index (χ1v) is 10.2. The average molecular weight is 452 g/mol. The third kappa shape index (κ3) is 3.05. The number of H-pyrrole nitrogens is 1. The summed E-state index contributed by atoms with van der Waals surface area (Å²) in [7, 11) is 0. The van der Waals surface area contributed by atoms with Crippen LogP contribution in [0.5, 0.6) is 0 Å². The van der Waals surface area contributed by atoms with Gasteiger partial charge in [0.15, 0.2) is 17.0 Å². The van der Waals surface area contributed by atoms with E-state index < -0.39 is 17.8 Å². The number of carbonyl (C=O) groups excluding carboxylic acids is 1. The number of aromatic amines is 1. The summed E-state index contributed by atoms with van der Waals surface area (Å²) in [5, 5.41) is 15.4. The third-order valence-electron chi connectivity index (χ3n) is 5.59. The first-order chi connectivity index (χ1) is 15.9. The summed E-state index contributed by atoms with van der Waals surface area (Å²) in [6.45, 7) is 0.442. The number of imidazole rings is 1. The summed E-state index contributed by atoms with van der Waals surface area (Å²) >= 11 is 0. The summed E-state index contributed by atoms with van der Waals surface area (Å²) < 4.78 is 44.3. The van der Waals surface area contributed by atoms with Crippen LogP contribution >= 0.6 is 0 Å². The van der Waals surface area contributed by atoms with Crippen LogP contribution in [0.2, 0.25) is 0 Å². The fourth-order valence-electron chi connectivity index (χ4n) is 4.13. The Morgan fingerprint density at radius 3 is 2.85 bits per heavy atom. The molecule has 0 unspecified atom stereocenters. The van der Waals surface area contributed by atoms with Gasteiger partial charge in [-0.1, -0.05) is 6.07 Å². The lowest BCUT2D eigenvalue weighted by atomic mass is 10.1. The molecule has 0 fully saturated rings. The highest BCUT2D eigenvalue weighted by Crippen LogP contribution is 2.39. The number of aromatic nitrogens is 7. The fourth-order valence-corrected chi connectivity index (χ4v) is 4.13. The van der Waals surface area contributed by atoms with Crippen LogP contribution in [0.3, 0.4) is 0 Å². The second-order valence-electron chi connectivity index (χ2n) is 7.69. The number of hydrogen-bond donors (Lipinski definition) is 2. The normalized spacial score (nSPS) is 14.5. The SMILES string of the molecule is O=C1NCCCn2cc(c(C(F)(F)F)n2)-c2c[nH]c3nnc(cc23)-c2c1nc1ccccn21. The van der Waals surface area contributed by atoms with Crippen LogP contribution in [0, 0.1) is 0 Å². The first kappa shape index (κ1) is 19.5. The van der Waals surface area contributed by atoms with Gasteiger partial charge in [-0.2, -0.15) is 18.3 Å². The number of hydrogen-bond acceptors (Lipinski definition) is 5. The van der Waals surface area contributed by atoms with E-state index in [2.05, 4.69) is 30.6 Å². The summed E-state index contributed by atoms with van der Waals surface area (Å²) in [4.78, 5) is 20.3. The van der Waals surface area contributed by atoms with E-state index in [4.69, 9.17) is 0 Å². The highest BCUT2D eigenvalue weighted by Gasteiger charge is 2.38. The van der Waals surface area contributed by atoms with Crippen molar-refractivity contribution >= 4 is 22.6 Å². The molecule has 33 heavy (non-hydrogen) atoms. The number of pyridine rings is 1. The molecule has 0 radical (unpaired) electrons. The lowest BCUT2D eigenvalue weighted by Gasteiger charge is -2.07. The second-order valence-corrected chi connectivity index (χ2v) is 7.69. The number of nitrogens with one attached hydrogen (secondary N) is 2.